The van der Waals surface area contributed by atoms with Crippen LogP contribution in [0.5, 0.6) is 0 Å². The van der Waals surface area contributed by atoms with Crippen LogP contribution in [-0.2, 0) is 14.9 Å². The van der Waals surface area contributed by atoms with Crippen LogP contribution in [0.3, 0.4) is 0 Å². The minimum Gasteiger partial charge on any atom is -0.356 e. The summed E-state index contributed by atoms with van der Waals surface area (Å²) < 4.78 is 29.5. The van der Waals surface area contributed by atoms with E-state index in [1.807, 2.05) is 11.9 Å². The van der Waals surface area contributed by atoms with Gasteiger partial charge >= 0.3 is 0 Å². The lowest BCUT2D eigenvalue weighted by Crippen LogP contribution is -2.25. The van der Waals surface area contributed by atoms with Gasteiger partial charge in [-0.1, -0.05) is 0 Å². The monoisotopic (exact) mass is 266 g/mol. The van der Waals surface area contributed by atoms with E-state index in [2.05, 4.69) is 5.32 Å². The van der Waals surface area contributed by atoms with Crippen LogP contribution in [0.4, 0.5) is 0 Å². The van der Waals surface area contributed by atoms with Crippen molar-refractivity contribution in [3.63, 3.8) is 0 Å². The molecule has 0 bridgehead atoms. The van der Waals surface area contributed by atoms with E-state index in [0.717, 1.165) is 19.4 Å². The van der Waals surface area contributed by atoms with Gasteiger partial charge in [0, 0.05) is 13.5 Å². The molecule has 0 heterocycles. The van der Waals surface area contributed by atoms with Gasteiger partial charge in [-0.15, -0.1) is 0 Å². The number of hydrogen-bond acceptors (Lipinski definition) is 4. The normalized spacial score (nSPS) is 11.8. The van der Waals surface area contributed by atoms with Crippen molar-refractivity contribution >= 4 is 16.0 Å². The van der Waals surface area contributed by atoms with Crippen LogP contribution < -0.4 is 5.32 Å². The topological polar surface area (TPSA) is 86.7 Å². The van der Waals surface area contributed by atoms with Gasteiger partial charge in [-0.3, -0.25) is 9.35 Å². The lowest BCUT2D eigenvalue weighted by atomic mass is 10.3. The van der Waals surface area contributed by atoms with Crippen molar-refractivity contribution < 1.29 is 17.8 Å². The fourth-order valence-corrected chi connectivity index (χ4v) is 1.89. The molecule has 0 saturated carbocycles. The number of carbonyl (C=O) groups excluding carboxylic acids is 1. The standard InChI is InChI=1S/C10H22N2O4S/c1-10(13)11-6-3-4-7-12(2)8-5-9-17(14,15)16/h3-9H2,1-2H3,(H,11,13)(H,14,15,16). The van der Waals surface area contributed by atoms with E-state index in [0.29, 0.717) is 19.5 Å². The molecule has 0 aliphatic heterocycles. The average Bonchev–Trinajstić information content (AvgIpc) is 2.14. The number of carbonyl (C=O) groups is 1. The highest BCUT2D eigenvalue weighted by Crippen LogP contribution is 1.95. The van der Waals surface area contributed by atoms with Gasteiger partial charge in [0.1, 0.15) is 0 Å². The van der Waals surface area contributed by atoms with Gasteiger partial charge in [-0.25, -0.2) is 0 Å². The molecule has 0 aliphatic rings. The Kier molecular flexibility index (Phi) is 8.11. The first kappa shape index (κ1) is 16.3. The summed E-state index contributed by atoms with van der Waals surface area (Å²) in [6, 6.07) is 0. The van der Waals surface area contributed by atoms with E-state index >= 15 is 0 Å². The van der Waals surface area contributed by atoms with Gasteiger partial charge in [-0.05, 0) is 39.4 Å². The van der Waals surface area contributed by atoms with Crippen molar-refractivity contribution in [3.05, 3.63) is 0 Å². The third-order valence-corrected chi connectivity index (χ3v) is 3.09. The Balaban J connectivity index is 3.41. The smallest absolute Gasteiger partial charge is 0.264 e. The molecular weight excluding hydrogens is 244 g/mol. The maximum Gasteiger partial charge on any atom is 0.264 e. The van der Waals surface area contributed by atoms with Gasteiger partial charge < -0.3 is 10.2 Å². The summed E-state index contributed by atoms with van der Waals surface area (Å²) >= 11 is 0. The molecule has 2 N–H and O–H groups in total. The van der Waals surface area contributed by atoms with Crippen LogP contribution in [0.15, 0.2) is 0 Å². The van der Waals surface area contributed by atoms with Crippen LogP contribution in [0.2, 0.25) is 0 Å². The largest absolute Gasteiger partial charge is 0.356 e. The first-order chi connectivity index (χ1) is 7.81. The van der Waals surface area contributed by atoms with E-state index in [1.54, 1.807) is 0 Å². The van der Waals surface area contributed by atoms with E-state index in [9.17, 15) is 13.2 Å². The molecule has 0 atom stereocenters. The van der Waals surface area contributed by atoms with Crippen molar-refractivity contribution in [3.8, 4) is 0 Å². The lowest BCUT2D eigenvalue weighted by Gasteiger charge is -2.15. The zero-order valence-electron chi connectivity index (χ0n) is 10.5. The molecule has 0 aliphatic carbocycles. The van der Waals surface area contributed by atoms with Crippen LogP contribution in [-0.4, -0.2) is 56.2 Å². The maximum atomic E-state index is 10.6. The number of amides is 1. The Morgan fingerprint density at radius 3 is 2.35 bits per heavy atom. The fourth-order valence-electron chi connectivity index (χ4n) is 1.40. The Hall–Kier alpha value is -0.660. The predicted molar refractivity (Wildman–Crippen MR) is 66.4 cm³/mol. The molecule has 0 aromatic heterocycles. The van der Waals surface area contributed by atoms with Crippen LogP contribution in [0, 0.1) is 0 Å². The summed E-state index contributed by atoms with van der Waals surface area (Å²) in [7, 11) is -1.93. The molecular formula is C10H22N2O4S. The fraction of sp³-hybridized carbons (Fsp3) is 0.900. The summed E-state index contributed by atoms with van der Waals surface area (Å²) in [5.74, 6) is -0.213. The van der Waals surface area contributed by atoms with Gasteiger partial charge in [0.05, 0.1) is 5.75 Å². The van der Waals surface area contributed by atoms with Gasteiger partial charge in [-0.2, -0.15) is 8.42 Å². The number of nitrogens with zero attached hydrogens (tertiary/aromatic N) is 1. The minimum atomic E-state index is -3.83. The van der Waals surface area contributed by atoms with E-state index < -0.39 is 10.1 Å². The number of rotatable bonds is 9. The molecule has 17 heavy (non-hydrogen) atoms. The lowest BCUT2D eigenvalue weighted by molar-refractivity contribution is -0.118. The molecule has 0 spiro atoms. The third kappa shape index (κ3) is 13.3. The van der Waals surface area contributed by atoms with Crippen molar-refractivity contribution in [2.75, 3.05) is 32.4 Å². The molecule has 102 valence electrons. The first-order valence-electron chi connectivity index (χ1n) is 5.69. The second-order valence-corrected chi connectivity index (χ2v) is 5.71. The van der Waals surface area contributed by atoms with Gasteiger partial charge in [0.25, 0.3) is 10.1 Å². The zero-order valence-corrected chi connectivity index (χ0v) is 11.3. The van der Waals surface area contributed by atoms with Crippen molar-refractivity contribution in [1.29, 1.82) is 0 Å². The second-order valence-electron chi connectivity index (χ2n) is 4.13. The minimum absolute atomic E-state index is 0.0218. The van der Waals surface area contributed by atoms with E-state index in [4.69, 9.17) is 4.55 Å². The molecule has 0 rings (SSSR count). The first-order valence-corrected chi connectivity index (χ1v) is 7.30. The Morgan fingerprint density at radius 2 is 1.82 bits per heavy atom. The van der Waals surface area contributed by atoms with Crippen molar-refractivity contribution in [2.45, 2.75) is 26.2 Å². The zero-order chi connectivity index (χ0) is 13.3. The highest BCUT2D eigenvalue weighted by Gasteiger charge is 2.05. The summed E-state index contributed by atoms with van der Waals surface area (Å²) in [6.45, 7) is 3.65. The van der Waals surface area contributed by atoms with E-state index in [-0.39, 0.29) is 11.7 Å². The average molecular weight is 266 g/mol. The molecule has 0 saturated heterocycles. The quantitative estimate of drug-likeness (QED) is 0.457. The van der Waals surface area contributed by atoms with Crippen LogP contribution >= 0.6 is 0 Å². The van der Waals surface area contributed by atoms with E-state index in [1.165, 1.54) is 6.92 Å². The summed E-state index contributed by atoms with van der Waals surface area (Å²) in [4.78, 5) is 12.6. The van der Waals surface area contributed by atoms with Crippen LogP contribution in [0.1, 0.15) is 26.2 Å². The molecule has 7 heteroatoms. The Bertz CT molecular complexity index is 316. The number of unbranched alkanes of at least 4 members (excludes halogenated alkanes) is 1. The second kappa shape index (κ2) is 8.43. The van der Waals surface area contributed by atoms with Crippen molar-refractivity contribution in [2.24, 2.45) is 0 Å². The molecule has 1 amide bonds. The highest BCUT2D eigenvalue weighted by molar-refractivity contribution is 7.85. The Morgan fingerprint density at radius 1 is 1.24 bits per heavy atom. The van der Waals surface area contributed by atoms with Gasteiger partial charge in [0.15, 0.2) is 0 Å². The Labute approximate surface area is 103 Å². The van der Waals surface area contributed by atoms with Crippen molar-refractivity contribution in [1.82, 2.24) is 10.2 Å². The highest BCUT2D eigenvalue weighted by atomic mass is 32.2. The number of hydrogen-bond donors (Lipinski definition) is 2. The maximum absolute atomic E-state index is 10.6. The number of nitrogens with one attached hydrogen (secondary N) is 1. The van der Waals surface area contributed by atoms with Gasteiger partial charge in [0.2, 0.25) is 5.91 Å². The molecule has 6 nitrogen and oxygen atoms in total. The molecule has 0 unspecified atom stereocenters. The summed E-state index contributed by atoms with van der Waals surface area (Å²) in [5, 5.41) is 2.71. The molecule has 0 radical (unpaired) electrons. The SMILES string of the molecule is CC(=O)NCCCCN(C)CCCS(=O)(=O)O. The third-order valence-electron chi connectivity index (χ3n) is 2.28. The molecule has 0 aromatic carbocycles. The van der Waals surface area contributed by atoms with Crippen LogP contribution in [0.25, 0.3) is 0 Å². The molecule has 0 aromatic rings. The summed E-state index contributed by atoms with van der Waals surface area (Å²) in [6.07, 6.45) is 2.28. The molecule has 0 fully saturated rings. The summed E-state index contributed by atoms with van der Waals surface area (Å²) in [5.41, 5.74) is 0. The predicted octanol–water partition coefficient (Wildman–Crippen LogP) is 0.112.